The zero-order chi connectivity index (χ0) is 20.0. The van der Waals surface area contributed by atoms with Crippen molar-refractivity contribution in [2.75, 3.05) is 0 Å². The van der Waals surface area contributed by atoms with Crippen LogP contribution in [0.2, 0.25) is 5.02 Å². The summed E-state index contributed by atoms with van der Waals surface area (Å²) >= 11 is 6.36. The zero-order valence-electron chi connectivity index (χ0n) is 15.7. The number of hydrogen-bond donors (Lipinski definition) is 2. The summed E-state index contributed by atoms with van der Waals surface area (Å²) < 4.78 is 0. The van der Waals surface area contributed by atoms with Crippen LogP contribution in [0.1, 0.15) is 21.7 Å². The molecule has 0 atom stereocenters. The summed E-state index contributed by atoms with van der Waals surface area (Å²) in [7, 11) is 0. The maximum absolute atomic E-state index is 12.7. The Morgan fingerprint density at radius 1 is 1.07 bits per heavy atom. The van der Waals surface area contributed by atoms with E-state index < -0.39 is 0 Å². The van der Waals surface area contributed by atoms with Gasteiger partial charge < -0.3 is 4.98 Å². The first-order valence-corrected chi connectivity index (χ1v) is 9.67. The minimum atomic E-state index is 0.0576. The first-order chi connectivity index (χ1) is 14.1. The highest BCUT2D eigenvalue weighted by Gasteiger charge is 2.16. The lowest BCUT2D eigenvalue weighted by Crippen LogP contribution is -2.03. The fourth-order valence-electron chi connectivity index (χ4n) is 3.60. The van der Waals surface area contributed by atoms with Crippen molar-refractivity contribution in [3.63, 3.8) is 0 Å². The van der Waals surface area contributed by atoms with Gasteiger partial charge in [-0.1, -0.05) is 41.9 Å². The summed E-state index contributed by atoms with van der Waals surface area (Å²) in [5.74, 6) is 0.0576. The number of Topliss-reactive ketones (excluding diaryl/α,β-unsaturated/α-hetero) is 1. The minimum Gasteiger partial charge on any atom is -0.352 e. The lowest BCUT2D eigenvalue weighted by molar-refractivity contribution is 0.0989. The Morgan fingerprint density at radius 3 is 2.72 bits per heavy atom. The number of fused-ring (bicyclic) bond motifs is 2. The molecule has 0 spiro atoms. The third-order valence-electron chi connectivity index (χ3n) is 5.06. The van der Waals surface area contributed by atoms with E-state index in [1.54, 1.807) is 6.20 Å². The quantitative estimate of drug-likeness (QED) is 0.391. The highest BCUT2D eigenvalue weighted by Crippen LogP contribution is 2.34. The number of aromatic amines is 2. The number of nitrogens with one attached hydrogen (secondary N) is 2. The number of hydrogen-bond acceptors (Lipinski definition) is 3. The maximum atomic E-state index is 12.7. The summed E-state index contributed by atoms with van der Waals surface area (Å²) in [4.78, 5) is 20.2. The number of nitrogens with zero attached hydrogens (tertiary/aromatic N) is 2. The molecule has 0 saturated heterocycles. The highest BCUT2D eigenvalue weighted by atomic mass is 35.5. The van der Waals surface area contributed by atoms with E-state index in [1.165, 1.54) is 0 Å². The number of carbonyl (C=O) groups excluding carboxylic acids is 1. The molecule has 0 aliphatic rings. The number of ketones is 1. The molecule has 0 radical (unpaired) electrons. The van der Waals surface area contributed by atoms with E-state index in [-0.39, 0.29) is 5.78 Å². The summed E-state index contributed by atoms with van der Waals surface area (Å²) in [6.45, 7) is 1.92. The first kappa shape index (κ1) is 17.6. The van der Waals surface area contributed by atoms with E-state index in [1.807, 2.05) is 61.5 Å². The van der Waals surface area contributed by atoms with E-state index in [4.69, 9.17) is 11.6 Å². The lowest BCUT2D eigenvalue weighted by Gasteiger charge is -2.02. The van der Waals surface area contributed by atoms with E-state index >= 15 is 0 Å². The number of aromatic nitrogens is 4. The highest BCUT2D eigenvalue weighted by molar-refractivity contribution is 6.33. The average molecular weight is 401 g/mol. The molecule has 5 aromatic rings. The van der Waals surface area contributed by atoms with E-state index in [2.05, 4.69) is 20.2 Å². The van der Waals surface area contributed by atoms with Crippen LogP contribution in [-0.4, -0.2) is 25.9 Å². The van der Waals surface area contributed by atoms with Gasteiger partial charge in [0.15, 0.2) is 5.78 Å². The van der Waals surface area contributed by atoms with Crippen LogP contribution in [0.25, 0.3) is 33.1 Å². The van der Waals surface area contributed by atoms with Gasteiger partial charge in [0, 0.05) is 40.2 Å². The van der Waals surface area contributed by atoms with Crippen LogP contribution < -0.4 is 0 Å². The molecule has 0 amide bonds. The van der Waals surface area contributed by atoms with Crippen molar-refractivity contribution in [3.05, 3.63) is 82.8 Å². The van der Waals surface area contributed by atoms with Crippen LogP contribution in [0, 0.1) is 6.92 Å². The maximum Gasteiger partial charge on any atom is 0.183 e. The van der Waals surface area contributed by atoms with Crippen molar-refractivity contribution in [1.82, 2.24) is 20.2 Å². The Morgan fingerprint density at radius 2 is 1.90 bits per heavy atom. The number of benzene rings is 2. The molecule has 5 rings (SSSR count). The van der Waals surface area contributed by atoms with Crippen molar-refractivity contribution in [1.29, 1.82) is 0 Å². The molecule has 6 heteroatoms. The summed E-state index contributed by atoms with van der Waals surface area (Å²) in [6, 6.07) is 17.6. The molecule has 2 aromatic carbocycles. The molecule has 0 fully saturated rings. The van der Waals surface area contributed by atoms with Crippen molar-refractivity contribution in [2.45, 2.75) is 13.3 Å². The predicted molar refractivity (Wildman–Crippen MR) is 115 cm³/mol. The molecular weight excluding hydrogens is 384 g/mol. The smallest absolute Gasteiger partial charge is 0.183 e. The molecule has 0 aliphatic carbocycles. The standard InChI is InChI=1S/C23H17ClN4O/c1-13-7-16(18(24)12-25-13)23-17-9-15-10-21(26-19(15)11-20(17)27-28-23)22(29)8-14-5-3-2-4-6-14/h2-7,9-12,26H,8H2,1H3,(H,27,28). The van der Waals surface area contributed by atoms with Crippen molar-refractivity contribution in [2.24, 2.45) is 0 Å². The monoisotopic (exact) mass is 400 g/mol. The fraction of sp³-hybridized carbons (Fsp3) is 0.0870. The van der Waals surface area contributed by atoms with Gasteiger partial charge >= 0.3 is 0 Å². The van der Waals surface area contributed by atoms with E-state index in [0.29, 0.717) is 17.1 Å². The molecule has 0 aliphatic heterocycles. The third-order valence-corrected chi connectivity index (χ3v) is 5.36. The Hall–Kier alpha value is -3.44. The second kappa shape index (κ2) is 6.87. The van der Waals surface area contributed by atoms with Gasteiger partial charge in [-0.3, -0.25) is 14.9 Å². The topological polar surface area (TPSA) is 74.4 Å². The molecule has 0 unspecified atom stereocenters. The summed E-state index contributed by atoms with van der Waals surface area (Å²) in [5.41, 5.74) is 5.85. The minimum absolute atomic E-state index is 0.0576. The van der Waals surface area contributed by atoms with Crippen LogP contribution in [0.15, 0.2) is 60.8 Å². The van der Waals surface area contributed by atoms with Gasteiger partial charge in [0.1, 0.15) is 5.69 Å². The van der Waals surface area contributed by atoms with Crippen LogP contribution in [-0.2, 0) is 6.42 Å². The molecule has 3 aromatic heterocycles. The summed E-state index contributed by atoms with van der Waals surface area (Å²) in [5, 5.41) is 9.99. The van der Waals surface area contributed by atoms with Gasteiger partial charge in [-0.2, -0.15) is 5.10 Å². The van der Waals surface area contributed by atoms with Gasteiger partial charge in [-0.25, -0.2) is 0 Å². The average Bonchev–Trinajstić information content (AvgIpc) is 3.32. The number of aryl methyl sites for hydroxylation is 1. The van der Waals surface area contributed by atoms with Crippen molar-refractivity contribution >= 4 is 39.2 Å². The SMILES string of the molecule is Cc1cc(-c2n[nH]c3cc4[nH]c(C(=O)Cc5ccccc5)cc4cc23)c(Cl)cn1. The number of pyridine rings is 1. The predicted octanol–water partition coefficient (Wildman–Crippen LogP) is 5.49. The molecule has 2 N–H and O–H groups in total. The van der Waals surface area contributed by atoms with Gasteiger partial charge in [-0.15, -0.1) is 0 Å². The molecule has 5 nitrogen and oxygen atoms in total. The molecule has 142 valence electrons. The molecule has 0 bridgehead atoms. The number of rotatable bonds is 4. The normalized spacial score (nSPS) is 11.4. The Bertz CT molecular complexity index is 1370. The van der Waals surface area contributed by atoms with Gasteiger partial charge in [0.2, 0.25) is 0 Å². The number of halogens is 1. The fourth-order valence-corrected chi connectivity index (χ4v) is 3.79. The van der Waals surface area contributed by atoms with Gasteiger partial charge in [-0.05, 0) is 36.8 Å². The Labute approximate surface area is 171 Å². The summed E-state index contributed by atoms with van der Waals surface area (Å²) in [6.07, 6.45) is 2.01. The molecule has 3 heterocycles. The first-order valence-electron chi connectivity index (χ1n) is 9.29. The largest absolute Gasteiger partial charge is 0.352 e. The van der Waals surface area contributed by atoms with Crippen molar-refractivity contribution < 1.29 is 4.79 Å². The van der Waals surface area contributed by atoms with Gasteiger partial charge in [0.05, 0.1) is 16.2 Å². The van der Waals surface area contributed by atoms with Crippen LogP contribution in [0.4, 0.5) is 0 Å². The second-order valence-electron chi connectivity index (χ2n) is 7.13. The molecular formula is C23H17ClN4O. The lowest BCUT2D eigenvalue weighted by atomic mass is 10.1. The molecule has 29 heavy (non-hydrogen) atoms. The van der Waals surface area contributed by atoms with E-state index in [9.17, 15) is 4.79 Å². The number of H-pyrrole nitrogens is 2. The van der Waals surface area contributed by atoms with Crippen LogP contribution in [0.3, 0.4) is 0 Å². The second-order valence-corrected chi connectivity index (χ2v) is 7.54. The van der Waals surface area contributed by atoms with Gasteiger partial charge in [0.25, 0.3) is 0 Å². The Kier molecular flexibility index (Phi) is 4.18. The molecule has 0 saturated carbocycles. The van der Waals surface area contributed by atoms with Crippen molar-refractivity contribution in [3.8, 4) is 11.3 Å². The zero-order valence-corrected chi connectivity index (χ0v) is 16.4. The third kappa shape index (κ3) is 3.19. The van der Waals surface area contributed by atoms with Crippen LogP contribution in [0.5, 0.6) is 0 Å². The Balaban J connectivity index is 1.57. The van der Waals surface area contributed by atoms with Crippen LogP contribution >= 0.6 is 11.6 Å². The van der Waals surface area contributed by atoms with E-state index in [0.717, 1.165) is 44.3 Å². The number of carbonyl (C=O) groups is 1.